The van der Waals surface area contributed by atoms with Crippen LogP contribution in [0, 0.1) is 0 Å². The Bertz CT molecular complexity index is 950. The number of Topliss-reactive ketones (excluding diaryl/α,β-unsaturated/α-hetero) is 2. The molecule has 3 aromatic carbocycles. The fourth-order valence-electron chi connectivity index (χ4n) is 3.28. The van der Waals surface area contributed by atoms with Crippen molar-refractivity contribution in [3.05, 3.63) is 107 Å². The Morgan fingerprint density at radius 3 is 1.43 bits per heavy atom. The van der Waals surface area contributed by atoms with E-state index in [1.165, 1.54) is 19.2 Å². The van der Waals surface area contributed by atoms with Gasteiger partial charge in [0.2, 0.25) is 0 Å². The van der Waals surface area contributed by atoms with Crippen LogP contribution in [-0.2, 0) is 17.6 Å². The van der Waals surface area contributed by atoms with E-state index in [1.54, 1.807) is 6.07 Å². The molecule has 0 heterocycles. The maximum absolute atomic E-state index is 12.8. The summed E-state index contributed by atoms with van der Waals surface area (Å²) in [7, 11) is 1.28. The zero-order chi connectivity index (χ0) is 21.3. The molecule has 0 saturated carbocycles. The molecule has 4 heteroatoms. The van der Waals surface area contributed by atoms with Gasteiger partial charge in [-0.1, -0.05) is 60.7 Å². The highest BCUT2D eigenvalue weighted by atomic mass is 16.5. The lowest BCUT2D eigenvalue weighted by atomic mass is 9.95. The summed E-state index contributed by atoms with van der Waals surface area (Å²) < 4.78 is 4.80. The van der Waals surface area contributed by atoms with Crippen LogP contribution in [0.5, 0.6) is 0 Å². The van der Waals surface area contributed by atoms with E-state index < -0.39 is 5.97 Å². The monoisotopic (exact) mass is 400 g/mol. The van der Waals surface area contributed by atoms with Crippen LogP contribution in [-0.4, -0.2) is 24.6 Å². The second-order valence-corrected chi connectivity index (χ2v) is 7.11. The third-order valence-corrected chi connectivity index (χ3v) is 4.97. The summed E-state index contributed by atoms with van der Waals surface area (Å²) in [5, 5.41) is 0. The van der Waals surface area contributed by atoms with E-state index in [1.807, 2.05) is 60.7 Å². The first-order valence-electron chi connectivity index (χ1n) is 9.94. The molecule has 0 bridgehead atoms. The van der Waals surface area contributed by atoms with Crippen LogP contribution in [0.25, 0.3) is 0 Å². The quantitative estimate of drug-likeness (QED) is 0.370. The molecule has 0 aromatic heterocycles. The fraction of sp³-hybridized carbons (Fsp3) is 0.192. The van der Waals surface area contributed by atoms with E-state index in [2.05, 4.69) is 0 Å². The molecule has 0 unspecified atom stereocenters. The Labute approximate surface area is 176 Å². The lowest BCUT2D eigenvalue weighted by Crippen LogP contribution is -2.10. The highest BCUT2D eigenvalue weighted by Crippen LogP contribution is 2.17. The number of ketones is 2. The number of benzene rings is 3. The van der Waals surface area contributed by atoms with Gasteiger partial charge < -0.3 is 4.74 Å². The van der Waals surface area contributed by atoms with Gasteiger partial charge in [-0.05, 0) is 42.2 Å². The number of aryl methyl sites for hydroxylation is 2. The molecule has 0 fully saturated rings. The number of hydrogen-bond acceptors (Lipinski definition) is 4. The molecule has 0 amide bonds. The van der Waals surface area contributed by atoms with Gasteiger partial charge in [0.05, 0.1) is 12.7 Å². The Hall–Kier alpha value is -3.53. The third kappa shape index (κ3) is 5.74. The van der Waals surface area contributed by atoms with Crippen LogP contribution in [0.4, 0.5) is 0 Å². The number of carbonyl (C=O) groups excluding carboxylic acids is 3. The Morgan fingerprint density at radius 1 is 0.633 bits per heavy atom. The van der Waals surface area contributed by atoms with Gasteiger partial charge >= 0.3 is 5.97 Å². The summed E-state index contributed by atoms with van der Waals surface area (Å²) in [6, 6.07) is 24.1. The third-order valence-electron chi connectivity index (χ3n) is 4.97. The van der Waals surface area contributed by atoms with Crippen molar-refractivity contribution in [1.82, 2.24) is 0 Å². The zero-order valence-electron chi connectivity index (χ0n) is 17.0. The van der Waals surface area contributed by atoms with Gasteiger partial charge in [-0.25, -0.2) is 4.79 Å². The van der Waals surface area contributed by atoms with Gasteiger partial charge in [0.1, 0.15) is 0 Å². The summed E-state index contributed by atoms with van der Waals surface area (Å²) in [4.78, 5) is 37.6. The minimum atomic E-state index is -0.565. The first kappa shape index (κ1) is 21.2. The van der Waals surface area contributed by atoms with E-state index in [9.17, 15) is 14.4 Å². The minimum Gasteiger partial charge on any atom is -0.465 e. The van der Waals surface area contributed by atoms with Crippen molar-refractivity contribution in [2.45, 2.75) is 25.7 Å². The second-order valence-electron chi connectivity index (χ2n) is 7.11. The van der Waals surface area contributed by atoms with Crippen LogP contribution in [0.3, 0.4) is 0 Å². The molecule has 0 aliphatic rings. The van der Waals surface area contributed by atoms with Crippen molar-refractivity contribution < 1.29 is 19.1 Å². The van der Waals surface area contributed by atoms with Gasteiger partial charge in [-0.2, -0.15) is 0 Å². The maximum atomic E-state index is 12.8. The standard InChI is InChI=1S/C26H24O4/c1-30-26(29)23-17-21(24(27)14-12-19-8-4-2-5-9-19)16-22(18-23)25(28)15-13-20-10-6-3-7-11-20/h2-11,16-18H,12-15H2,1H3. The lowest BCUT2D eigenvalue weighted by molar-refractivity contribution is 0.0600. The van der Waals surface area contributed by atoms with Crippen LogP contribution < -0.4 is 0 Å². The molecule has 30 heavy (non-hydrogen) atoms. The maximum Gasteiger partial charge on any atom is 0.337 e. The predicted molar refractivity (Wildman–Crippen MR) is 116 cm³/mol. The summed E-state index contributed by atoms with van der Waals surface area (Å²) in [6.45, 7) is 0. The first-order chi connectivity index (χ1) is 14.6. The first-order valence-corrected chi connectivity index (χ1v) is 9.94. The van der Waals surface area contributed by atoms with E-state index in [4.69, 9.17) is 4.74 Å². The number of carbonyl (C=O) groups is 3. The number of ether oxygens (including phenoxy) is 1. The highest BCUT2D eigenvalue weighted by molar-refractivity contribution is 6.04. The van der Waals surface area contributed by atoms with E-state index in [0.717, 1.165) is 11.1 Å². The fourth-order valence-corrected chi connectivity index (χ4v) is 3.28. The average Bonchev–Trinajstić information content (AvgIpc) is 2.81. The molecule has 0 aliphatic carbocycles. The van der Waals surface area contributed by atoms with Crippen molar-refractivity contribution in [3.8, 4) is 0 Å². The molecular formula is C26H24O4. The highest BCUT2D eigenvalue weighted by Gasteiger charge is 2.17. The van der Waals surface area contributed by atoms with Crippen molar-refractivity contribution in [2.24, 2.45) is 0 Å². The van der Waals surface area contributed by atoms with Crippen molar-refractivity contribution in [3.63, 3.8) is 0 Å². The van der Waals surface area contributed by atoms with E-state index in [0.29, 0.717) is 36.8 Å². The van der Waals surface area contributed by atoms with Crippen LogP contribution in [0.2, 0.25) is 0 Å². The number of esters is 1. The van der Waals surface area contributed by atoms with Crippen LogP contribution >= 0.6 is 0 Å². The average molecular weight is 400 g/mol. The molecule has 0 aliphatic heterocycles. The molecule has 0 radical (unpaired) electrons. The van der Waals surface area contributed by atoms with Crippen molar-refractivity contribution in [2.75, 3.05) is 7.11 Å². The summed E-state index contributed by atoms with van der Waals surface area (Å²) >= 11 is 0. The number of methoxy groups -OCH3 is 1. The molecule has 152 valence electrons. The Balaban J connectivity index is 1.77. The van der Waals surface area contributed by atoms with E-state index >= 15 is 0 Å². The topological polar surface area (TPSA) is 60.4 Å². The molecular weight excluding hydrogens is 376 g/mol. The van der Waals surface area contributed by atoms with Crippen molar-refractivity contribution in [1.29, 1.82) is 0 Å². The zero-order valence-corrected chi connectivity index (χ0v) is 17.0. The normalized spacial score (nSPS) is 10.4. The number of hydrogen-bond donors (Lipinski definition) is 0. The smallest absolute Gasteiger partial charge is 0.337 e. The molecule has 0 saturated heterocycles. The molecule has 3 aromatic rings. The number of rotatable bonds is 9. The van der Waals surface area contributed by atoms with Crippen LogP contribution in [0.1, 0.15) is 55.0 Å². The summed E-state index contributed by atoms with van der Waals surface area (Å²) in [6.07, 6.45) is 1.79. The van der Waals surface area contributed by atoms with Gasteiger partial charge in [0.25, 0.3) is 0 Å². The van der Waals surface area contributed by atoms with E-state index in [-0.39, 0.29) is 17.1 Å². The van der Waals surface area contributed by atoms with Gasteiger partial charge in [-0.3, -0.25) is 9.59 Å². The molecule has 3 rings (SSSR count). The van der Waals surface area contributed by atoms with Gasteiger partial charge in [0, 0.05) is 24.0 Å². The molecule has 0 atom stereocenters. The minimum absolute atomic E-state index is 0.110. The van der Waals surface area contributed by atoms with Gasteiger partial charge in [0.15, 0.2) is 11.6 Å². The van der Waals surface area contributed by atoms with Crippen LogP contribution in [0.15, 0.2) is 78.9 Å². The summed E-state index contributed by atoms with van der Waals surface area (Å²) in [5.74, 6) is -0.784. The SMILES string of the molecule is COC(=O)c1cc(C(=O)CCc2ccccc2)cc(C(=O)CCc2ccccc2)c1. The second kappa shape index (κ2) is 10.3. The van der Waals surface area contributed by atoms with Crippen molar-refractivity contribution >= 4 is 17.5 Å². The Morgan fingerprint density at radius 2 is 1.03 bits per heavy atom. The Kier molecular flexibility index (Phi) is 7.28. The summed E-state index contributed by atoms with van der Waals surface area (Å²) in [5.41, 5.74) is 3.06. The molecule has 4 nitrogen and oxygen atoms in total. The molecule has 0 N–H and O–H groups in total. The predicted octanol–water partition coefficient (Wildman–Crippen LogP) is 5.10. The lowest BCUT2D eigenvalue weighted by Gasteiger charge is -2.09. The van der Waals surface area contributed by atoms with Gasteiger partial charge in [-0.15, -0.1) is 0 Å². The molecule has 0 spiro atoms. The largest absolute Gasteiger partial charge is 0.465 e.